The summed E-state index contributed by atoms with van der Waals surface area (Å²) in [6, 6.07) is 3.43. The second kappa shape index (κ2) is 9.71. The maximum absolute atomic E-state index is 12.5. The lowest BCUT2D eigenvalue weighted by atomic mass is 10.3. The highest BCUT2D eigenvalue weighted by molar-refractivity contribution is 7.84. The number of rotatable bonds is 8. The number of terminal acetylenes is 1. The van der Waals surface area contributed by atoms with Crippen molar-refractivity contribution in [3.63, 3.8) is 0 Å². The van der Waals surface area contributed by atoms with Crippen LogP contribution in [0.1, 0.15) is 12.8 Å². The first-order valence-electron chi connectivity index (χ1n) is 8.02. The molecule has 150 valence electrons. The molecule has 2 rings (SSSR count). The Hall–Kier alpha value is -2.38. The summed E-state index contributed by atoms with van der Waals surface area (Å²) in [6.45, 7) is -0.119. The van der Waals surface area contributed by atoms with Gasteiger partial charge in [-0.05, 0) is 12.1 Å². The molecule has 1 amide bonds. The van der Waals surface area contributed by atoms with Gasteiger partial charge in [0.1, 0.15) is 5.69 Å². The van der Waals surface area contributed by atoms with E-state index in [1.807, 2.05) is 0 Å². The zero-order valence-corrected chi connectivity index (χ0v) is 16.1. The Bertz CT molecular complexity index is 881. The lowest BCUT2D eigenvalue weighted by Gasteiger charge is -2.18. The van der Waals surface area contributed by atoms with Crippen LogP contribution in [0.4, 0.5) is 18.9 Å². The predicted octanol–water partition coefficient (Wildman–Crippen LogP) is 2.98. The lowest BCUT2D eigenvalue weighted by Crippen LogP contribution is -2.32. The van der Waals surface area contributed by atoms with Crippen LogP contribution >= 0.6 is 11.6 Å². The SMILES string of the molecule is C#CCN(C(=O)CCS(=O)CCC(F)(F)F)c1cn(-c2cccnc2)nc1Cl. The van der Waals surface area contributed by atoms with Crippen LogP contribution in [0.2, 0.25) is 5.15 Å². The fourth-order valence-corrected chi connectivity index (χ4v) is 3.51. The van der Waals surface area contributed by atoms with Crippen molar-refractivity contribution in [2.24, 2.45) is 0 Å². The molecule has 0 radical (unpaired) electrons. The van der Waals surface area contributed by atoms with Crippen molar-refractivity contribution < 1.29 is 22.2 Å². The van der Waals surface area contributed by atoms with Gasteiger partial charge in [-0.15, -0.1) is 6.42 Å². The van der Waals surface area contributed by atoms with Crippen molar-refractivity contribution in [1.82, 2.24) is 14.8 Å². The van der Waals surface area contributed by atoms with Crippen molar-refractivity contribution in [3.8, 4) is 18.0 Å². The van der Waals surface area contributed by atoms with E-state index in [1.165, 1.54) is 15.8 Å². The molecule has 0 N–H and O–H groups in total. The van der Waals surface area contributed by atoms with Gasteiger partial charge in [0.05, 0.1) is 31.0 Å². The van der Waals surface area contributed by atoms with Gasteiger partial charge in [0.15, 0.2) is 5.15 Å². The molecule has 0 fully saturated rings. The lowest BCUT2D eigenvalue weighted by molar-refractivity contribution is -0.129. The van der Waals surface area contributed by atoms with Gasteiger partial charge in [-0.25, -0.2) is 4.68 Å². The third-order valence-electron chi connectivity index (χ3n) is 3.56. The fraction of sp³-hybridized carbons (Fsp3) is 0.353. The van der Waals surface area contributed by atoms with E-state index in [9.17, 15) is 22.2 Å². The van der Waals surface area contributed by atoms with Crippen LogP contribution in [0.3, 0.4) is 0 Å². The first-order valence-corrected chi connectivity index (χ1v) is 9.89. The molecular weight excluding hydrogens is 417 g/mol. The van der Waals surface area contributed by atoms with E-state index in [4.69, 9.17) is 18.0 Å². The predicted molar refractivity (Wildman–Crippen MR) is 101 cm³/mol. The van der Waals surface area contributed by atoms with Crippen LogP contribution < -0.4 is 4.90 Å². The van der Waals surface area contributed by atoms with Gasteiger partial charge >= 0.3 is 6.18 Å². The van der Waals surface area contributed by atoms with E-state index in [0.717, 1.165) is 0 Å². The van der Waals surface area contributed by atoms with E-state index in [2.05, 4.69) is 16.0 Å². The van der Waals surface area contributed by atoms with Crippen molar-refractivity contribution in [2.75, 3.05) is 23.0 Å². The fourth-order valence-electron chi connectivity index (χ4n) is 2.21. The molecular formula is C17H16ClF3N4O2S. The Kier molecular flexibility index (Phi) is 7.60. The van der Waals surface area contributed by atoms with Crippen molar-refractivity contribution in [2.45, 2.75) is 19.0 Å². The number of hydrogen-bond donors (Lipinski definition) is 0. The summed E-state index contributed by atoms with van der Waals surface area (Å²) in [5, 5.41) is 4.13. The Morgan fingerprint density at radius 3 is 2.75 bits per heavy atom. The molecule has 0 aliphatic rings. The van der Waals surface area contributed by atoms with E-state index in [-0.39, 0.29) is 29.6 Å². The van der Waals surface area contributed by atoms with Gasteiger partial charge in [-0.1, -0.05) is 17.5 Å². The number of carbonyl (C=O) groups is 1. The van der Waals surface area contributed by atoms with Crippen LogP contribution in [0.5, 0.6) is 0 Å². The van der Waals surface area contributed by atoms with Crippen molar-refractivity contribution in [1.29, 1.82) is 0 Å². The largest absolute Gasteiger partial charge is 0.390 e. The minimum atomic E-state index is -4.39. The normalized spacial score (nSPS) is 12.4. The average molecular weight is 433 g/mol. The Morgan fingerprint density at radius 2 is 2.14 bits per heavy atom. The molecule has 2 heterocycles. The summed E-state index contributed by atoms with van der Waals surface area (Å²) in [4.78, 5) is 17.7. The summed E-state index contributed by atoms with van der Waals surface area (Å²) >= 11 is 6.13. The maximum Gasteiger partial charge on any atom is 0.390 e. The van der Waals surface area contributed by atoms with E-state index < -0.39 is 35.1 Å². The number of hydrogen-bond acceptors (Lipinski definition) is 4. The molecule has 1 unspecified atom stereocenters. The molecule has 0 saturated heterocycles. The second-order valence-electron chi connectivity index (χ2n) is 5.61. The van der Waals surface area contributed by atoms with Gasteiger partial charge in [0.2, 0.25) is 5.91 Å². The van der Waals surface area contributed by atoms with Crippen LogP contribution in [0.25, 0.3) is 5.69 Å². The molecule has 2 aromatic heterocycles. The monoisotopic (exact) mass is 432 g/mol. The molecule has 28 heavy (non-hydrogen) atoms. The maximum atomic E-state index is 12.5. The first kappa shape index (κ1) is 21.9. The number of nitrogens with zero attached hydrogens (tertiary/aromatic N) is 4. The molecule has 1 atom stereocenters. The number of alkyl halides is 3. The number of aromatic nitrogens is 3. The van der Waals surface area contributed by atoms with Crippen LogP contribution in [-0.2, 0) is 15.6 Å². The molecule has 2 aromatic rings. The van der Waals surface area contributed by atoms with Crippen molar-refractivity contribution in [3.05, 3.63) is 35.9 Å². The van der Waals surface area contributed by atoms with E-state index in [1.54, 1.807) is 24.5 Å². The van der Waals surface area contributed by atoms with Gasteiger partial charge in [0.25, 0.3) is 0 Å². The molecule has 0 bridgehead atoms. The van der Waals surface area contributed by atoms with E-state index in [0.29, 0.717) is 5.69 Å². The minimum Gasteiger partial charge on any atom is -0.296 e. The van der Waals surface area contributed by atoms with Crippen LogP contribution in [0, 0.1) is 12.3 Å². The molecule has 6 nitrogen and oxygen atoms in total. The summed E-state index contributed by atoms with van der Waals surface area (Å²) in [7, 11) is -1.78. The van der Waals surface area contributed by atoms with Crippen LogP contribution in [0.15, 0.2) is 30.7 Å². The van der Waals surface area contributed by atoms with E-state index >= 15 is 0 Å². The Morgan fingerprint density at radius 1 is 1.39 bits per heavy atom. The highest BCUT2D eigenvalue weighted by atomic mass is 35.5. The summed E-state index contributed by atoms with van der Waals surface area (Å²) in [5.74, 6) is 1.07. The number of anilines is 1. The topological polar surface area (TPSA) is 68.1 Å². The number of amides is 1. The van der Waals surface area contributed by atoms with Gasteiger partial charge in [0, 0.05) is 34.9 Å². The number of pyridine rings is 1. The van der Waals surface area contributed by atoms with Gasteiger partial charge in [-0.2, -0.15) is 18.3 Å². The molecule has 0 aliphatic carbocycles. The average Bonchev–Trinajstić information content (AvgIpc) is 3.04. The third kappa shape index (κ3) is 6.35. The third-order valence-corrected chi connectivity index (χ3v) is 5.15. The molecule has 0 aliphatic heterocycles. The molecule has 0 aromatic carbocycles. The molecule has 11 heteroatoms. The van der Waals surface area contributed by atoms with Crippen LogP contribution in [-0.4, -0.2) is 49.1 Å². The highest BCUT2D eigenvalue weighted by Gasteiger charge is 2.28. The Labute approximate surface area is 167 Å². The quantitative estimate of drug-likeness (QED) is 0.601. The highest BCUT2D eigenvalue weighted by Crippen LogP contribution is 2.26. The second-order valence-corrected chi connectivity index (χ2v) is 7.66. The summed E-state index contributed by atoms with van der Waals surface area (Å²) < 4.78 is 49.7. The minimum absolute atomic E-state index is 0.0191. The number of halogens is 4. The smallest absolute Gasteiger partial charge is 0.296 e. The van der Waals surface area contributed by atoms with Gasteiger partial charge < -0.3 is 0 Å². The zero-order valence-electron chi connectivity index (χ0n) is 14.5. The zero-order chi connectivity index (χ0) is 20.7. The van der Waals surface area contributed by atoms with Gasteiger partial charge in [-0.3, -0.25) is 18.9 Å². The molecule has 0 saturated carbocycles. The van der Waals surface area contributed by atoms with Crippen molar-refractivity contribution >= 4 is 34.0 Å². The Balaban J connectivity index is 2.08. The number of carbonyl (C=O) groups excluding carboxylic acids is 1. The standard InChI is InChI=1S/C17H16ClF3N4O2S/c1-2-8-24(15(26)5-9-28(27)10-6-17(19,20)21)14-12-25(23-16(14)18)13-4-3-7-22-11-13/h1,3-4,7,11-12H,5-6,8-10H2. The first-order chi connectivity index (χ1) is 13.2. The summed E-state index contributed by atoms with van der Waals surface area (Å²) in [6.07, 6.45) is 4.16. The molecule has 0 spiro atoms. The summed E-state index contributed by atoms with van der Waals surface area (Å²) in [5.41, 5.74) is 0.853.